The van der Waals surface area contributed by atoms with Gasteiger partial charge in [0.2, 0.25) is 0 Å². The minimum atomic E-state index is -4.78. The lowest BCUT2D eigenvalue weighted by atomic mass is 10.1. The monoisotopic (exact) mass is 775 g/mol. The molecule has 8 nitrogen and oxygen atoms in total. The highest BCUT2D eigenvalue weighted by molar-refractivity contribution is 7.46. The molecule has 0 aliphatic heterocycles. The third kappa shape index (κ3) is 42.0. The first-order chi connectivity index (χ1) is 26.3. The maximum Gasteiger partial charge on any atom is 0.469 e. The van der Waals surface area contributed by atoms with Crippen LogP contribution in [0.1, 0.15) is 168 Å². The van der Waals surface area contributed by atoms with Gasteiger partial charge < -0.3 is 19.3 Å². The molecule has 0 bridgehead atoms. The summed E-state index contributed by atoms with van der Waals surface area (Å²) in [5.74, 6) is -0.991. The van der Waals surface area contributed by atoms with Crippen LogP contribution in [0.3, 0.4) is 0 Å². The van der Waals surface area contributed by atoms with Gasteiger partial charge in [0.15, 0.2) is 6.10 Å². The fourth-order valence-electron chi connectivity index (χ4n) is 5.33. The Hall–Kier alpha value is -2.77. The number of esters is 2. The maximum atomic E-state index is 12.4. The number of carbonyl (C=O) groups excluding carboxylic acids is 2. The number of ether oxygens (including phenoxy) is 2. The summed E-state index contributed by atoms with van der Waals surface area (Å²) >= 11 is 0. The lowest BCUT2D eigenvalue weighted by molar-refractivity contribution is -0.161. The predicted octanol–water partition coefficient (Wildman–Crippen LogP) is 12.8. The summed E-state index contributed by atoms with van der Waals surface area (Å²) in [5, 5.41) is 0. The second-order valence-corrected chi connectivity index (χ2v) is 14.8. The highest BCUT2D eigenvalue weighted by Gasteiger charge is 2.22. The molecule has 0 spiro atoms. The van der Waals surface area contributed by atoms with E-state index in [2.05, 4.69) is 91.3 Å². The maximum absolute atomic E-state index is 12.4. The number of carbonyl (C=O) groups is 2. The summed E-state index contributed by atoms with van der Waals surface area (Å²) in [6.07, 6.45) is 53.1. The van der Waals surface area contributed by atoms with Gasteiger partial charge in [0.05, 0.1) is 6.61 Å². The zero-order valence-corrected chi connectivity index (χ0v) is 34.7. The van der Waals surface area contributed by atoms with Gasteiger partial charge in [-0.25, -0.2) is 4.57 Å². The van der Waals surface area contributed by atoms with Gasteiger partial charge in [-0.3, -0.25) is 14.1 Å². The SMILES string of the molecule is CC/C=C/C/C=C/C/C=C/C/C=C/C/C=C/C/C=C/CCC(=O)O[C@H](COC(=O)CCCCCCCCCCC/C=C/CCCCCC)COP(=O)(O)O. The molecule has 0 aromatic rings. The Labute approximate surface area is 329 Å². The summed E-state index contributed by atoms with van der Waals surface area (Å²) < 4.78 is 26.3. The van der Waals surface area contributed by atoms with Gasteiger partial charge in [-0.05, 0) is 77.0 Å². The third-order valence-corrected chi connectivity index (χ3v) is 8.90. The smallest absolute Gasteiger partial charge is 0.462 e. The van der Waals surface area contributed by atoms with E-state index in [0.717, 1.165) is 57.8 Å². The number of hydrogen-bond acceptors (Lipinski definition) is 6. The summed E-state index contributed by atoms with van der Waals surface area (Å²) in [5.41, 5.74) is 0. The Kier molecular flexibility index (Phi) is 37.9. The van der Waals surface area contributed by atoms with Crippen LogP contribution in [0, 0.1) is 0 Å². The molecule has 0 fully saturated rings. The lowest BCUT2D eigenvalue weighted by Crippen LogP contribution is -2.29. The molecule has 308 valence electrons. The molecule has 0 rings (SSSR count). The molecular weight excluding hydrogens is 699 g/mol. The quantitative estimate of drug-likeness (QED) is 0.0277. The number of rotatable bonds is 37. The predicted molar refractivity (Wildman–Crippen MR) is 225 cm³/mol. The number of hydrogen-bond donors (Lipinski definition) is 2. The van der Waals surface area contributed by atoms with Crippen molar-refractivity contribution in [3.05, 3.63) is 85.1 Å². The van der Waals surface area contributed by atoms with E-state index in [0.29, 0.717) is 12.8 Å². The minimum absolute atomic E-state index is 0.0825. The van der Waals surface area contributed by atoms with Crippen LogP contribution in [-0.4, -0.2) is 41.0 Å². The summed E-state index contributed by atoms with van der Waals surface area (Å²) in [6.45, 7) is 3.49. The van der Waals surface area contributed by atoms with Crippen LogP contribution in [0.15, 0.2) is 85.1 Å². The average molecular weight is 775 g/mol. The molecule has 2 N–H and O–H groups in total. The van der Waals surface area contributed by atoms with Crippen LogP contribution in [0.2, 0.25) is 0 Å². The van der Waals surface area contributed by atoms with Crippen molar-refractivity contribution in [1.29, 1.82) is 0 Å². The minimum Gasteiger partial charge on any atom is -0.462 e. The molecule has 0 heterocycles. The van der Waals surface area contributed by atoms with Crippen molar-refractivity contribution in [3.8, 4) is 0 Å². The van der Waals surface area contributed by atoms with Crippen molar-refractivity contribution in [1.82, 2.24) is 0 Å². The second-order valence-electron chi connectivity index (χ2n) is 13.6. The first-order valence-electron chi connectivity index (χ1n) is 20.9. The normalized spacial score (nSPS) is 13.3. The van der Waals surface area contributed by atoms with Gasteiger partial charge in [-0.1, -0.05) is 163 Å². The largest absolute Gasteiger partial charge is 0.469 e. The van der Waals surface area contributed by atoms with Gasteiger partial charge in [0, 0.05) is 12.8 Å². The molecule has 0 unspecified atom stereocenters. The molecule has 0 aliphatic carbocycles. The molecule has 1 atom stereocenters. The number of unbranched alkanes of at least 4 members (excludes halogenated alkanes) is 13. The Balaban J connectivity index is 4.07. The molecule has 0 aromatic heterocycles. The second kappa shape index (κ2) is 39.9. The van der Waals surface area contributed by atoms with E-state index in [-0.39, 0.29) is 19.4 Å². The van der Waals surface area contributed by atoms with Crippen LogP contribution >= 0.6 is 7.82 Å². The van der Waals surface area contributed by atoms with Crippen molar-refractivity contribution in [2.45, 2.75) is 174 Å². The Bertz CT molecular complexity index is 1140. The van der Waals surface area contributed by atoms with E-state index in [1.807, 2.05) is 12.2 Å². The molecular formula is C45H75O8P. The molecule has 0 saturated heterocycles. The topological polar surface area (TPSA) is 119 Å². The summed E-state index contributed by atoms with van der Waals surface area (Å²) in [7, 11) is -4.78. The van der Waals surface area contributed by atoms with Crippen LogP contribution in [0.4, 0.5) is 0 Å². The van der Waals surface area contributed by atoms with Crippen LogP contribution in [0.5, 0.6) is 0 Å². The summed E-state index contributed by atoms with van der Waals surface area (Å²) in [4.78, 5) is 42.8. The van der Waals surface area contributed by atoms with E-state index in [1.165, 1.54) is 70.6 Å². The van der Waals surface area contributed by atoms with E-state index in [4.69, 9.17) is 19.3 Å². The Morgan fingerprint density at radius 2 is 0.926 bits per heavy atom. The van der Waals surface area contributed by atoms with Crippen LogP contribution < -0.4 is 0 Å². The molecule has 54 heavy (non-hydrogen) atoms. The van der Waals surface area contributed by atoms with Crippen molar-refractivity contribution in [2.75, 3.05) is 13.2 Å². The first-order valence-corrected chi connectivity index (χ1v) is 22.4. The Morgan fingerprint density at radius 3 is 1.41 bits per heavy atom. The average Bonchev–Trinajstić information content (AvgIpc) is 3.14. The zero-order valence-electron chi connectivity index (χ0n) is 33.8. The summed E-state index contributed by atoms with van der Waals surface area (Å²) in [6, 6.07) is 0. The van der Waals surface area contributed by atoms with Gasteiger partial charge in [0.1, 0.15) is 6.61 Å². The lowest BCUT2D eigenvalue weighted by Gasteiger charge is -2.18. The van der Waals surface area contributed by atoms with Crippen LogP contribution in [0.25, 0.3) is 0 Å². The molecule has 0 radical (unpaired) electrons. The molecule has 0 amide bonds. The highest BCUT2D eigenvalue weighted by Crippen LogP contribution is 2.36. The van der Waals surface area contributed by atoms with Gasteiger partial charge in [0.25, 0.3) is 0 Å². The van der Waals surface area contributed by atoms with Gasteiger partial charge in [-0.2, -0.15) is 0 Å². The van der Waals surface area contributed by atoms with Crippen molar-refractivity contribution in [3.63, 3.8) is 0 Å². The van der Waals surface area contributed by atoms with E-state index in [9.17, 15) is 14.2 Å². The zero-order chi connectivity index (χ0) is 39.6. The molecule has 0 aromatic carbocycles. The fourth-order valence-corrected chi connectivity index (χ4v) is 5.69. The van der Waals surface area contributed by atoms with Crippen molar-refractivity contribution < 1.29 is 37.9 Å². The molecule has 9 heteroatoms. The number of phosphoric ester groups is 1. The van der Waals surface area contributed by atoms with Crippen molar-refractivity contribution >= 4 is 19.8 Å². The van der Waals surface area contributed by atoms with E-state index in [1.54, 1.807) is 0 Å². The van der Waals surface area contributed by atoms with E-state index < -0.39 is 32.5 Å². The van der Waals surface area contributed by atoms with Gasteiger partial charge >= 0.3 is 19.8 Å². The molecule has 0 saturated carbocycles. The standard InChI is InChI=1S/C45H75O8P/c1-3-5-7-9-11-13-15-17-19-21-22-24-26-28-30-32-34-36-38-40-45(47)53-43(42-52-54(48,49)50)41-51-44(46)39-37-35-33-31-29-27-25-23-20-18-16-14-12-10-8-6-4-2/h5,7,11,13-14,16-17,19,22,24,28,30,34,36,43H,3-4,6,8-10,12,15,18,20-21,23,25-27,29,31-33,35,37-42H2,1-2H3,(H2,48,49,50)/b7-5+,13-11+,16-14+,19-17+,24-22+,30-28+,36-34+/t43-/m1/s1. The van der Waals surface area contributed by atoms with Crippen LogP contribution in [-0.2, 0) is 28.2 Å². The fraction of sp³-hybridized carbons (Fsp3) is 0.644. The van der Waals surface area contributed by atoms with Crippen molar-refractivity contribution in [2.24, 2.45) is 0 Å². The third-order valence-electron chi connectivity index (χ3n) is 8.41. The Morgan fingerprint density at radius 1 is 0.500 bits per heavy atom. The number of allylic oxidation sites excluding steroid dienone is 14. The van der Waals surface area contributed by atoms with Gasteiger partial charge in [-0.15, -0.1) is 0 Å². The highest BCUT2D eigenvalue weighted by atomic mass is 31.2. The van der Waals surface area contributed by atoms with E-state index >= 15 is 0 Å². The first kappa shape index (κ1) is 51.2. The number of phosphoric acid groups is 1. The molecule has 0 aliphatic rings.